The fraction of sp³-hybridized carbons (Fsp3) is 0.429. The molecule has 0 unspecified atom stereocenters. The van der Waals surface area contributed by atoms with Gasteiger partial charge in [0.25, 0.3) is 0 Å². The molecule has 0 spiro atoms. The van der Waals surface area contributed by atoms with Gasteiger partial charge in [-0.3, -0.25) is 0 Å². The first-order chi connectivity index (χ1) is 5.83. The van der Waals surface area contributed by atoms with Crippen LogP contribution >= 0.6 is 11.8 Å². The highest BCUT2D eigenvalue weighted by atomic mass is 32.2. The molecule has 1 heterocycles. The van der Waals surface area contributed by atoms with Gasteiger partial charge in [-0.15, -0.1) is 16.9 Å². The Bertz CT molecular complexity index is 296. The summed E-state index contributed by atoms with van der Waals surface area (Å²) >= 11 is 1.55. The SMILES string of the molecule is CC#CCCSc1n[nH]c(N)n1. The molecule has 0 aliphatic carbocycles. The lowest BCUT2D eigenvalue weighted by Crippen LogP contribution is -1.85. The molecule has 1 rings (SSSR count). The van der Waals surface area contributed by atoms with Crippen LogP contribution in [0.5, 0.6) is 0 Å². The van der Waals surface area contributed by atoms with E-state index in [1.165, 1.54) is 0 Å². The number of aromatic amines is 1. The number of nitrogen functional groups attached to an aromatic ring is 1. The minimum Gasteiger partial charge on any atom is -0.368 e. The van der Waals surface area contributed by atoms with E-state index in [0.717, 1.165) is 12.2 Å². The molecule has 0 saturated carbocycles. The van der Waals surface area contributed by atoms with Crippen molar-refractivity contribution in [3.05, 3.63) is 0 Å². The highest BCUT2D eigenvalue weighted by molar-refractivity contribution is 7.99. The highest BCUT2D eigenvalue weighted by Gasteiger charge is 1.98. The number of aromatic nitrogens is 3. The van der Waals surface area contributed by atoms with Crippen LogP contribution in [0.1, 0.15) is 13.3 Å². The second kappa shape index (κ2) is 4.67. The summed E-state index contributed by atoms with van der Waals surface area (Å²) < 4.78 is 0. The van der Waals surface area contributed by atoms with Crippen molar-refractivity contribution in [2.24, 2.45) is 0 Å². The molecular weight excluding hydrogens is 172 g/mol. The summed E-state index contributed by atoms with van der Waals surface area (Å²) in [5.41, 5.74) is 5.34. The summed E-state index contributed by atoms with van der Waals surface area (Å²) in [6, 6.07) is 0. The van der Waals surface area contributed by atoms with Crippen molar-refractivity contribution in [3.8, 4) is 11.8 Å². The summed E-state index contributed by atoms with van der Waals surface area (Å²) in [5, 5.41) is 7.12. The Hall–Kier alpha value is -1.15. The van der Waals surface area contributed by atoms with Gasteiger partial charge in [-0.25, -0.2) is 5.10 Å². The topological polar surface area (TPSA) is 67.6 Å². The van der Waals surface area contributed by atoms with Crippen molar-refractivity contribution in [2.45, 2.75) is 18.5 Å². The van der Waals surface area contributed by atoms with Gasteiger partial charge in [0, 0.05) is 12.2 Å². The Kier molecular flexibility index (Phi) is 3.48. The first kappa shape index (κ1) is 8.94. The third-order valence-electron chi connectivity index (χ3n) is 1.12. The molecule has 64 valence electrons. The largest absolute Gasteiger partial charge is 0.368 e. The lowest BCUT2D eigenvalue weighted by molar-refractivity contribution is 0.973. The van der Waals surface area contributed by atoms with Gasteiger partial charge in [0.1, 0.15) is 0 Å². The number of nitrogens with two attached hydrogens (primary N) is 1. The second-order valence-electron chi connectivity index (χ2n) is 2.03. The van der Waals surface area contributed by atoms with Gasteiger partial charge in [0.15, 0.2) is 0 Å². The van der Waals surface area contributed by atoms with E-state index in [0.29, 0.717) is 11.1 Å². The molecule has 0 aliphatic rings. The van der Waals surface area contributed by atoms with E-state index in [4.69, 9.17) is 5.73 Å². The second-order valence-corrected chi connectivity index (χ2v) is 3.09. The highest BCUT2D eigenvalue weighted by Crippen LogP contribution is 2.12. The number of hydrogen-bond acceptors (Lipinski definition) is 4. The number of nitrogens with zero attached hydrogens (tertiary/aromatic N) is 2. The third-order valence-corrected chi connectivity index (χ3v) is 1.97. The van der Waals surface area contributed by atoms with E-state index in [1.807, 2.05) is 6.92 Å². The Morgan fingerprint density at radius 1 is 1.67 bits per heavy atom. The molecule has 0 radical (unpaired) electrons. The van der Waals surface area contributed by atoms with Crippen molar-refractivity contribution in [1.82, 2.24) is 15.2 Å². The fourth-order valence-corrected chi connectivity index (χ4v) is 1.30. The maximum Gasteiger partial charge on any atom is 0.216 e. The summed E-state index contributed by atoms with van der Waals surface area (Å²) in [5.74, 6) is 7.04. The summed E-state index contributed by atoms with van der Waals surface area (Å²) in [6.07, 6.45) is 0.857. The van der Waals surface area contributed by atoms with Crippen LogP contribution < -0.4 is 5.73 Å². The lowest BCUT2D eigenvalue weighted by Gasteiger charge is -1.88. The number of H-pyrrole nitrogens is 1. The Morgan fingerprint density at radius 3 is 3.08 bits per heavy atom. The molecule has 1 aromatic rings. The predicted molar refractivity (Wildman–Crippen MR) is 49.6 cm³/mol. The van der Waals surface area contributed by atoms with Crippen LogP contribution in [0, 0.1) is 11.8 Å². The molecule has 4 nitrogen and oxygen atoms in total. The molecule has 0 saturated heterocycles. The van der Waals surface area contributed by atoms with E-state index in [1.54, 1.807) is 11.8 Å². The summed E-state index contributed by atoms with van der Waals surface area (Å²) in [4.78, 5) is 3.93. The van der Waals surface area contributed by atoms with E-state index >= 15 is 0 Å². The molecular formula is C7H10N4S. The van der Waals surface area contributed by atoms with Gasteiger partial charge in [-0.1, -0.05) is 11.8 Å². The van der Waals surface area contributed by atoms with Crippen molar-refractivity contribution >= 4 is 17.7 Å². The first-order valence-electron chi connectivity index (χ1n) is 3.53. The fourth-order valence-electron chi connectivity index (χ4n) is 0.641. The Morgan fingerprint density at radius 2 is 2.50 bits per heavy atom. The maximum absolute atomic E-state index is 5.34. The number of hydrogen-bond donors (Lipinski definition) is 2. The first-order valence-corrected chi connectivity index (χ1v) is 4.52. The third kappa shape index (κ3) is 2.84. The summed E-state index contributed by atoms with van der Waals surface area (Å²) in [6.45, 7) is 1.83. The zero-order chi connectivity index (χ0) is 8.81. The van der Waals surface area contributed by atoms with Gasteiger partial charge < -0.3 is 5.73 Å². The van der Waals surface area contributed by atoms with Crippen molar-refractivity contribution < 1.29 is 0 Å². The number of thioether (sulfide) groups is 1. The lowest BCUT2D eigenvalue weighted by atomic mass is 10.5. The average Bonchev–Trinajstić information content (AvgIpc) is 2.45. The van der Waals surface area contributed by atoms with Crippen LogP contribution in [-0.4, -0.2) is 20.9 Å². The van der Waals surface area contributed by atoms with Crippen LogP contribution in [0.2, 0.25) is 0 Å². The van der Waals surface area contributed by atoms with Gasteiger partial charge in [0.05, 0.1) is 0 Å². The molecule has 5 heteroatoms. The van der Waals surface area contributed by atoms with E-state index < -0.39 is 0 Å². The minimum atomic E-state index is 0.360. The zero-order valence-electron chi connectivity index (χ0n) is 6.79. The van der Waals surface area contributed by atoms with Crippen molar-refractivity contribution in [2.75, 3.05) is 11.5 Å². The molecule has 0 atom stereocenters. The van der Waals surface area contributed by atoms with Gasteiger partial charge in [0.2, 0.25) is 11.1 Å². The molecule has 0 aliphatic heterocycles. The van der Waals surface area contributed by atoms with Crippen LogP contribution in [-0.2, 0) is 0 Å². The molecule has 0 amide bonds. The summed E-state index contributed by atoms with van der Waals surface area (Å²) in [7, 11) is 0. The van der Waals surface area contributed by atoms with E-state index in [2.05, 4.69) is 27.0 Å². The molecule has 0 aromatic carbocycles. The Labute approximate surface area is 75.3 Å². The number of nitrogens with one attached hydrogen (secondary N) is 1. The molecule has 12 heavy (non-hydrogen) atoms. The maximum atomic E-state index is 5.34. The van der Waals surface area contributed by atoms with Gasteiger partial charge in [-0.2, -0.15) is 4.98 Å². The molecule has 0 fully saturated rings. The van der Waals surface area contributed by atoms with E-state index in [-0.39, 0.29) is 0 Å². The van der Waals surface area contributed by atoms with E-state index in [9.17, 15) is 0 Å². The van der Waals surface area contributed by atoms with Crippen molar-refractivity contribution in [1.29, 1.82) is 0 Å². The zero-order valence-corrected chi connectivity index (χ0v) is 7.61. The average molecular weight is 182 g/mol. The van der Waals surface area contributed by atoms with Crippen LogP contribution in [0.15, 0.2) is 5.16 Å². The standard InChI is InChI=1S/C7H10N4S/c1-2-3-4-5-12-7-9-6(8)10-11-7/h4-5H2,1H3,(H3,8,9,10,11). The monoisotopic (exact) mass is 182 g/mol. The Balaban J connectivity index is 2.27. The number of anilines is 1. The van der Waals surface area contributed by atoms with Crippen LogP contribution in [0.25, 0.3) is 0 Å². The number of rotatable bonds is 3. The van der Waals surface area contributed by atoms with Crippen LogP contribution in [0.3, 0.4) is 0 Å². The normalized spacial score (nSPS) is 9.08. The molecule has 3 N–H and O–H groups in total. The molecule has 1 aromatic heterocycles. The predicted octanol–water partition coefficient (Wildman–Crippen LogP) is 0.892. The van der Waals surface area contributed by atoms with Crippen molar-refractivity contribution in [3.63, 3.8) is 0 Å². The van der Waals surface area contributed by atoms with Gasteiger partial charge >= 0.3 is 0 Å². The van der Waals surface area contributed by atoms with Crippen LogP contribution in [0.4, 0.5) is 5.95 Å². The quantitative estimate of drug-likeness (QED) is 0.414. The smallest absolute Gasteiger partial charge is 0.216 e. The minimum absolute atomic E-state index is 0.360. The molecule has 0 bridgehead atoms. The van der Waals surface area contributed by atoms with Gasteiger partial charge in [-0.05, 0) is 6.92 Å².